The second-order valence-electron chi connectivity index (χ2n) is 9.95. The number of nitrogens with zero attached hydrogens (tertiary/aromatic N) is 1. The molecule has 1 aliphatic heterocycles. The molecule has 30 heavy (non-hydrogen) atoms. The van der Waals surface area contributed by atoms with Gasteiger partial charge < -0.3 is 10.6 Å². The number of likely N-dealkylation sites (tertiary alicyclic amines) is 1. The van der Waals surface area contributed by atoms with Gasteiger partial charge in [-0.05, 0) is 71.8 Å². The summed E-state index contributed by atoms with van der Waals surface area (Å²) in [7, 11) is 0. The van der Waals surface area contributed by atoms with Crippen LogP contribution in [-0.4, -0.2) is 35.7 Å². The van der Waals surface area contributed by atoms with Crippen LogP contribution in [-0.2, 0) is 4.79 Å². The van der Waals surface area contributed by atoms with Gasteiger partial charge in [0.1, 0.15) is 0 Å². The van der Waals surface area contributed by atoms with Crippen molar-refractivity contribution >= 4 is 22.6 Å². The first-order valence-corrected chi connectivity index (χ1v) is 10.8. The van der Waals surface area contributed by atoms with Gasteiger partial charge in [-0.15, -0.1) is 0 Å². The van der Waals surface area contributed by atoms with E-state index < -0.39 is 19.0 Å². The first kappa shape index (κ1) is 18.3. The molecule has 2 N–H and O–H groups in total. The molecule has 4 aliphatic carbocycles. The molecule has 156 valence electrons. The number of alkyl halides is 2. The minimum absolute atomic E-state index is 0.173. The van der Waals surface area contributed by atoms with E-state index in [9.17, 15) is 18.4 Å². The lowest BCUT2D eigenvalue weighted by Crippen LogP contribution is -2.58. The molecule has 2 amide bonds. The summed E-state index contributed by atoms with van der Waals surface area (Å²) in [6, 6.07) is 11.8. The molecule has 2 atom stereocenters. The predicted octanol–water partition coefficient (Wildman–Crippen LogP) is 3.94. The summed E-state index contributed by atoms with van der Waals surface area (Å²) in [5.41, 5.74) is 6.97. The van der Waals surface area contributed by atoms with E-state index in [0.717, 1.165) is 42.0 Å². The van der Waals surface area contributed by atoms with Crippen molar-refractivity contribution in [3.63, 3.8) is 0 Å². The van der Waals surface area contributed by atoms with Gasteiger partial charge in [0.05, 0.1) is 18.5 Å². The molecule has 0 spiro atoms. The van der Waals surface area contributed by atoms with Crippen molar-refractivity contribution in [1.29, 1.82) is 0 Å². The van der Waals surface area contributed by atoms with Gasteiger partial charge in [-0.3, -0.25) is 9.59 Å². The molecule has 2 unspecified atom stereocenters. The van der Waals surface area contributed by atoms with Crippen molar-refractivity contribution in [1.82, 2.24) is 4.90 Å². The number of hydrogen-bond acceptors (Lipinski definition) is 2. The Kier molecular flexibility index (Phi) is 3.54. The van der Waals surface area contributed by atoms with Crippen molar-refractivity contribution in [2.45, 2.75) is 37.5 Å². The summed E-state index contributed by atoms with van der Waals surface area (Å²) in [6.07, 6.45) is 3.51. The van der Waals surface area contributed by atoms with Crippen LogP contribution in [0.3, 0.4) is 0 Å². The molecule has 4 nitrogen and oxygen atoms in total. The fourth-order valence-corrected chi connectivity index (χ4v) is 7.18. The smallest absolute Gasteiger partial charge is 0.282 e. The second kappa shape index (κ2) is 5.80. The van der Waals surface area contributed by atoms with Gasteiger partial charge >= 0.3 is 0 Å². The fourth-order valence-electron chi connectivity index (χ4n) is 7.18. The number of carbonyl (C=O) groups is 2. The number of benzene rings is 2. The average molecular weight is 410 g/mol. The maximum absolute atomic E-state index is 13.4. The molecular formula is C24H24F2N2O2. The summed E-state index contributed by atoms with van der Waals surface area (Å²) in [6.45, 7) is -1.02. The lowest BCUT2D eigenvalue weighted by molar-refractivity contribution is -0.129. The van der Waals surface area contributed by atoms with Crippen LogP contribution in [0.1, 0.15) is 47.5 Å². The lowest BCUT2D eigenvalue weighted by atomic mass is 9.65. The van der Waals surface area contributed by atoms with E-state index in [-0.39, 0.29) is 23.1 Å². The Bertz CT molecular complexity index is 1070. The normalized spacial score (nSPS) is 35.6. The van der Waals surface area contributed by atoms with E-state index in [0.29, 0.717) is 23.3 Å². The minimum Gasteiger partial charge on any atom is -0.369 e. The van der Waals surface area contributed by atoms with Crippen molar-refractivity contribution in [3.05, 3.63) is 47.5 Å². The Balaban J connectivity index is 1.44. The molecule has 6 heteroatoms. The van der Waals surface area contributed by atoms with Crippen LogP contribution in [0.25, 0.3) is 10.8 Å². The monoisotopic (exact) mass is 410 g/mol. The van der Waals surface area contributed by atoms with Crippen LogP contribution in [0.4, 0.5) is 8.78 Å². The van der Waals surface area contributed by atoms with Crippen LogP contribution in [0.15, 0.2) is 36.4 Å². The van der Waals surface area contributed by atoms with E-state index >= 15 is 0 Å². The van der Waals surface area contributed by atoms with E-state index in [1.165, 1.54) is 4.90 Å². The van der Waals surface area contributed by atoms with Crippen LogP contribution in [0, 0.1) is 23.2 Å². The van der Waals surface area contributed by atoms with E-state index in [1.807, 2.05) is 30.3 Å². The van der Waals surface area contributed by atoms with Gasteiger partial charge in [0, 0.05) is 5.56 Å². The highest BCUT2D eigenvalue weighted by molar-refractivity contribution is 6.01. The Morgan fingerprint density at radius 3 is 2.13 bits per heavy atom. The molecule has 5 aliphatic rings. The molecule has 2 aromatic rings. The second-order valence-corrected chi connectivity index (χ2v) is 9.95. The summed E-state index contributed by atoms with van der Waals surface area (Å²) in [5, 5.41) is 2.00. The Morgan fingerprint density at radius 2 is 1.60 bits per heavy atom. The molecule has 0 radical (unpaired) electrons. The molecule has 4 bridgehead atoms. The topological polar surface area (TPSA) is 63.4 Å². The Hall–Kier alpha value is -2.50. The van der Waals surface area contributed by atoms with Gasteiger partial charge in [0.15, 0.2) is 0 Å². The lowest BCUT2D eigenvalue weighted by Gasteiger charge is -2.41. The number of fused-ring (bicyclic) bond motifs is 1. The standard InChI is InChI=1S/C24H24F2N2O2/c25-24(26)11-28(12-24)21(29)19-8-14-4-2-1-3-13(14)7-18(19)20-15-5-17-6-16(20)10-23(17,9-15)22(27)30/h1-4,7-8,15-17,20H,5-6,9-12H2,(H2,27,30). The highest BCUT2D eigenvalue weighted by Crippen LogP contribution is 2.69. The third-order valence-corrected chi connectivity index (χ3v) is 8.35. The molecule has 1 heterocycles. The molecule has 0 aromatic heterocycles. The van der Waals surface area contributed by atoms with Gasteiger partial charge in [-0.25, -0.2) is 8.78 Å². The summed E-state index contributed by atoms with van der Waals surface area (Å²) in [5.74, 6) is -2.08. The zero-order valence-electron chi connectivity index (χ0n) is 16.6. The van der Waals surface area contributed by atoms with Crippen molar-refractivity contribution < 1.29 is 18.4 Å². The third kappa shape index (κ3) is 2.36. The SMILES string of the molecule is NC(=O)C12CC3CC1CC(C2)C3c1cc2ccccc2cc1C(=O)N1CC(F)(F)C1. The number of rotatable bonds is 3. The number of nitrogens with two attached hydrogens (primary N) is 1. The van der Waals surface area contributed by atoms with Crippen LogP contribution < -0.4 is 5.73 Å². The zero-order chi connectivity index (χ0) is 20.8. The van der Waals surface area contributed by atoms with Gasteiger partial charge in [-0.2, -0.15) is 0 Å². The van der Waals surface area contributed by atoms with Gasteiger partial charge in [0.25, 0.3) is 11.8 Å². The van der Waals surface area contributed by atoms with Crippen molar-refractivity contribution in [2.75, 3.05) is 13.1 Å². The van der Waals surface area contributed by atoms with Crippen LogP contribution in [0.2, 0.25) is 0 Å². The summed E-state index contributed by atoms with van der Waals surface area (Å²) in [4.78, 5) is 26.7. The van der Waals surface area contributed by atoms with E-state index in [4.69, 9.17) is 5.73 Å². The predicted molar refractivity (Wildman–Crippen MR) is 108 cm³/mol. The number of amides is 2. The Labute approximate surface area is 173 Å². The largest absolute Gasteiger partial charge is 0.369 e. The van der Waals surface area contributed by atoms with Crippen LogP contribution >= 0.6 is 0 Å². The fraction of sp³-hybridized carbons (Fsp3) is 0.500. The maximum atomic E-state index is 13.4. The maximum Gasteiger partial charge on any atom is 0.282 e. The molecule has 5 fully saturated rings. The number of primary amides is 1. The minimum atomic E-state index is -2.79. The quantitative estimate of drug-likeness (QED) is 0.833. The highest BCUT2D eigenvalue weighted by Gasteiger charge is 2.64. The third-order valence-electron chi connectivity index (χ3n) is 8.35. The molecule has 2 aromatic carbocycles. The highest BCUT2D eigenvalue weighted by atomic mass is 19.3. The van der Waals surface area contributed by atoms with Gasteiger partial charge in [-0.1, -0.05) is 30.3 Å². The molecular weight excluding hydrogens is 386 g/mol. The average Bonchev–Trinajstić information content (AvgIpc) is 3.13. The number of halogens is 2. The van der Waals surface area contributed by atoms with E-state index in [1.54, 1.807) is 0 Å². The Morgan fingerprint density at radius 1 is 1.00 bits per heavy atom. The van der Waals surface area contributed by atoms with Gasteiger partial charge in [0.2, 0.25) is 5.91 Å². The number of carbonyl (C=O) groups excluding carboxylic acids is 2. The van der Waals surface area contributed by atoms with Crippen molar-refractivity contribution in [3.8, 4) is 0 Å². The van der Waals surface area contributed by atoms with E-state index in [2.05, 4.69) is 6.07 Å². The van der Waals surface area contributed by atoms with Crippen molar-refractivity contribution in [2.24, 2.45) is 28.9 Å². The zero-order valence-corrected chi connectivity index (χ0v) is 16.6. The molecule has 7 rings (SSSR count). The molecule has 1 saturated heterocycles. The first-order chi connectivity index (χ1) is 14.3. The first-order valence-electron chi connectivity index (χ1n) is 10.8. The van der Waals surface area contributed by atoms with Crippen LogP contribution in [0.5, 0.6) is 0 Å². The summed E-state index contributed by atoms with van der Waals surface area (Å²) < 4.78 is 26.9. The number of hydrogen-bond donors (Lipinski definition) is 1. The molecule has 4 saturated carbocycles. The summed E-state index contributed by atoms with van der Waals surface area (Å²) >= 11 is 0.